The van der Waals surface area contributed by atoms with Crippen LogP contribution in [-0.4, -0.2) is 17.3 Å². The van der Waals surface area contributed by atoms with Gasteiger partial charge in [0.1, 0.15) is 23.3 Å². The molecule has 5 nitrogen and oxygen atoms in total. The summed E-state index contributed by atoms with van der Waals surface area (Å²) < 4.78 is 18.9. The van der Waals surface area contributed by atoms with Crippen LogP contribution in [0, 0.1) is 0 Å². The van der Waals surface area contributed by atoms with E-state index in [1.54, 1.807) is 13.2 Å². The maximum atomic E-state index is 12.0. The van der Waals surface area contributed by atoms with Crippen molar-refractivity contribution >= 4 is 56.2 Å². The molecule has 0 saturated carbocycles. The molecule has 0 atom stereocenters. The second-order valence-electron chi connectivity index (χ2n) is 7.08. The Hall–Kier alpha value is -2.81. The molecule has 3 aromatic carbocycles. The first kappa shape index (κ1) is 23.4. The largest absolute Gasteiger partial charge is 0.493 e. The van der Waals surface area contributed by atoms with E-state index in [1.807, 2.05) is 66.7 Å². The molecule has 0 spiro atoms. The van der Waals surface area contributed by atoms with Crippen molar-refractivity contribution in [3.8, 4) is 17.2 Å². The summed E-state index contributed by atoms with van der Waals surface area (Å²) in [4.78, 5) is 12.6. The lowest BCUT2D eigenvalue weighted by Crippen LogP contribution is -2.17. The van der Waals surface area contributed by atoms with Crippen molar-refractivity contribution in [3.63, 3.8) is 0 Å². The monoisotopic (exact) mass is 541 g/mol. The summed E-state index contributed by atoms with van der Waals surface area (Å²) in [5.74, 6) is 1.75. The Kier molecular flexibility index (Phi) is 7.69. The predicted molar refractivity (Wildman–Crippen MR) is 139 cm³/mol. The van der Waals surface area contributed by atoms with E-state index in [-0.39, 0.29) is 5.91 Å². The zero-order valence-corrected chi connectivity index (χ0v) is 20.9. The molecule has 0 unspecified atom stereocenters. The van der Waals surface area contributed by atoms with Gasteiger partial charge in [0, 0.05) is 10.0 Å². The fourth-order valence-corrected chi connectivity index (χ4v) is 4.56. The van der Waals surface area contributed by atoms with Crippen LogP contribution >= 0.6 is 39.9 Å². The number of rotatable bonds is 8. The molecule has 3 aromatic rings. The molecule has 4 rings (SSSR count). The number of halogens is 1. The van der Waals surface area contributed by atoms with Crippen molar-refractivity contribution in [2.45, 2.75) is 13.2 Å². The van der Waals surface area contributed by atoms with Crippen molar-refractivity contribution in [2.24, 2.45) is 0 Å². The molecule has 1 amide bonds. The van der Waals surface area contributed by atoms with Crippen molar-refractivity contribution in [3.05, 3.63) is 92.8 Å². The molecule has 33 heavy (non-hydrogen) atoms. The van der Waals surface area contributed by atoms with Crippen molar-refractivity contribution in [1.29, 1.82) is 0 Å². The number of ether oxygens (including phenoxy) is 3. The third-order valence-corrected chi connectivity index (χ3v) is 6.42. The summed E-state index contributed by atoms with van der Waals surface area (Å²) in [6.07, 6.45) is 1.78. The summed E-state index contributed by atoms with van der Waals surface area (Å²) in [5.41, 5.74) is 2.79. The summed E-state index contributed by atoms with van der Waals surface area (Å²) >= 11 is 9.79. The molecule has 0 radical (unpaired) electrons. The molecule has 0 aromatic heterocycles. The Morgan fingerprint density at radius 2 is 1.67 bits per heavy atom. The number of thiocarbonyl (C=S) groups is 1. The number of methoxy groups -OCH3 is 1. The van der Waals surface area contributed by atoms with Gasteiger partial charge in [0.2, 0.25) is 0 Å². The number of nitrogens with one attached hydrogen (secondary N) is 1. The molecule has 168 valence electrons. The molecular formula is C25H20BrNO4S2. The number of hydrogen-bond acceptors (Lipinski definition) is 6. The number of thioether (sulfide) groups is 1. The van der Waals surface area contributed by atoms with Crippen LogP contribution in [0.25, 0.3) is 6.08 Å². The van der Waals surface area contributed by atoms with Gasteiger partial charge >= 0.3 is 0 Å². The molecule has 8 heteroatoms. The smallest absolute Gasteiger partial charge is 0.263 e. The van der Waals surface area contributed by atoms with Gasteiger partial charge in [-0.05, 0) is 47.5 Å². The lowest BCUT2D eigenvalue weighted by atomic mass is 10.1. The number of carbonyl (C=O) groups is 1. The zero-order chi connectivity index (χ0) is 23.2. The van der Waals surface area contributed by atoms with E-state index in [0.29, 0.717) is 39.7 Å². The van der Waals surface area contributed by atoms with Crippen molar-refractivity contribution in [1.82, 2.24) is 5.32 Å². The highest BCUT2D eigenvalue weighted by Crippen LogP contribution is 2.33. The fraction of sp³-hybridized carbons (Fsp3) is 0.120. The van der Waals surface area contributed by atoms with E-state index in [4.69, 9.17) is 26.4 Å². The lowest BCUT2D eigenvalue weighted by Gasteiger charge is -2.14. The maximum absolute atomic E-state index is 12.0. The van der Waals surface area contributed by atoms with Gasteiger partial charge in [-0.15, -0.1) is 0 Å². The van der Waals surface area contributed by atoms with E-state index in [2.05, 4.69) is 21.2 Å². The topological polar surface area (TPSA) is 56.8 Å². The van der Waals surface area contributed by atoms with Gasteiger partial charge < -0.3 is 19.5 Å². The van der Waals surface area contributed by atoms with E-state index >= 15 is 0 Å². The lowest BCUT2D eigenvalue weighted by molar-refractivity contribution is -0.115. The zero-order valence-electron chi connectivity index (χ0n) is 17.7. The van der Waals surface area contributed by atoms with Gasteiger partial charge in [-0.1, -0.05) is 76.3 Å². The summed E-state index contributed by atoms with van der Waals surface area (Å²) in [6.45, 7) is 0.782. The van der Waals surface area contributed by atoms with Crippen LogP contribution in [0.15, 0.2) is 76.1 Å². The quantitative estimate of drug-likeness (QED) is 0.274. The van der Waals surface area contributed by atoms with Gasteiger partial charge in [-0.25, -0.2) is 0 Å². The first-order chi connectivity index (χ1) is 16.0. The second kappa shape index (κ2) is 10.9. The molecule has 0 bridgehead atoms. The van der Waals surface area contributed by atoms with Gasteiger partial charge in [0.15, 0.2) is 11.5 Å². The fourth-order valence-electron chi connectivity index (χ4n) is 3.14. The SMILES string of the molecule is COc1cc(COc2ccc(Br)cc2/C=C2/SC(=S)NC2=O)ccc1OCc1ccccc1. The van der Waals surface area contributed by atoms with Crippen LogP contribution in [0.3, 0.4) is 0 Å². The summed E-state index contributed by atoms with van der Waals surface area (Å²) in [7, 11) is 1.61. The molecule has 1 aliphatic rings. The van der Waals surface area contributed by atoms with Crippen molar-refractivity contribution in [2.75, 3.05) is 7.11 Å². The highest BCUT2D eigenvalue weighted by atomic mass is 79.9. The molecule has 0 aliphatic carbocycles. The Labute approximate surface area is 210 Å². The number of carbonyl (C=O) groups excluding carboxylic acids is 1. The highest BCUT2D eigenvalue weighted by molar-refractivity contribution is 9.10. The third-order valence-electron chi connectivity index (χ3n) is 4.76. The molecular weight excluding hydrogens is 522 g/mol. The number of benzene rings is 3. The van der Waals surface area contributed by atoms with Crippen LogP contribution < -0.4 is 19.5 Å². The van der Waals surface area contributed by atoms with E-state index < -0.39 is 0 Å². The standard InChI is InChI=1S/C25H20BrNO4S2/c1-29-22-11-17(7-9-21(22)31-14-16-5-3-2-4-6-16)15-30-20-10-8-19(26)12-18(20)13-23-24(28)27-25(32)33-23/h2-13H,14-15H2,1H3,(H,27,28,32)/b23-13+. The number of hydrogen-bond donors (Lipinski definition) is 1. The van der Waals surface area contributed by atoms with E-state index in [0.717, 1.165) is 21.2 Å². The van der Waals surface area contributed by atoms with Crippen molar-refractivity contribution < 1.29 is 19.0 Å². The molecule has 1 saturated heterocycles. The first-order valence-electron chi connectivity index (χ1n) is 10.0. The summed E-state index contributed by atoms with van der Waals surface area (Å²) in [5, 5.41) is 2.63. The Balaban J connectivity index is 1.47. The van der Waals surface area contributed by atoms with E-state index in [1.165, 1.54) is 11.8 Å². The Morgan fingerprint density at radius 3 is 2.39 bits per heavy atom. The average Bonchev–Trinajstić information content (AvgIpc) is 3.14. The van der Waals surface area contributed by atoms with Gasteiger partial charge in [-0.2, -0.15) is 0 Å². The molecule has 1 N–H and O–H groups in total. The minimum atomic E-state index is -0.202. The van der Waals surface area contributed by atoms with E-state index in [9.17, 15) is 4.79 Å². The van der Waals surface area contributed by atoms with Crippen LogP contribution in [0.4, 0.5) is 0 Å². The second-order valence-corrected chi connectivity index (χ2v) is 9.72. The normalized spacial score (nSPS) is 14.3. The molecule has 1 heterocycles. The van der Waals surface area contributed by atoms with Gasteiger partial charge in [0.05, 0.1) is 12.0 Å². The first-order valence-corrected chi connectivity index (χ1v) is 12.0. The summed E-state index contributed by atoms with van der Waals surface area (Å²) in [6, 6.07) is 21.3. The minimum absolute atomic E-state index is 0.202. The maximum Gasteiger partial charge on any atom is 0.263 e. The minimum Gasteiger partial charge on any atom is -0.493 e. The number of amides is 1. The van der Waals surface area contributed by atoms with Crippen LogP contribution in [-0.2, 0) is 18.0 Å². The van der Waals surface area contributed by atoms with Gasteiger partial charge in [-0.3, -0.25) is 4.79 Å². The van der Waals surface area contributed by atoms with Crippen LogP contribution in [0.2, 0.25) is 0 Å². The predicted octanol–water partition coefficient (Wildman–Crippen LogP) is 6.10. The van der Waals surface area contributed by atoms with Crippen LogP contribution in [0.1, 0.15) is 16.7 Å². The third kappa shape index (κ3) is 6.16. The Bertz CT molecular complexity index is 1210. The van der Waals surface area contributed by atoms with Crippen LogP contribution in [0.5, 0.6) is 17.2 Å². The molecule has 1 fully saturated rings. The Morgan fingerprint density at radius 1 is 0.939 bits per heavy atom. The molecule has 1 aliphatic heterocycles. The highest BCUT2D eigenvalue weighted by Gasteiger charge is 2.22. The van der Waals surface area contributed by atoms with Gasteiger partial charge in [0.25, 0.3) is 5.91 Å². The average molecular weight is 542 g/mol.